The van der Waals surface area contributed by atoms with Gasteiger partial charge in [0, 0.05) is 28.3 Å². The van der Waals surface area contributed by atoms with Gasteiger partial charge in [-0.05, 0) is 46.2 Å². The lowest BCUT2D eigenvalue weighted by Crippen LogP contribution is -2.67. The second-order valence-corrected chi connectivity index (χ2v) is 9.43. The minimum Gasteiger partial charge on any atom is -0.507 e. The normalized spacial score (nSPS) is 21.4. The van der Waals surface area contributed by atoms with E-state index in [2.05, 4.69) is 35.8 Å². The minimum absolute atomic E-state index is 0.00700. The second-order valence-electron chi connectivity index (χ2n) is 9.43. The van der Waals surface area contributed by atoms with Crippen LogP contribution in [0.5, 0.6) is 11.6 Å². The first kappa shape index (κ1) is 22.8. The first-order valence-electron chi connectivity index (χ1n) is 10.7. The number of nitrogens with one attached hydrogen (secondary N) is 2. The highest BCUT2D eigenvalue weighted by atomic mass is 19.1. The summed E-state index contributed by atoms with van der Waals surface area (Å²) in [4.78, 5) is 12.5. The summed E-state index contributed by atoms with van der Waals surface area (Å²) in [6.45, 7) is 7.78. The fraction of sp³-hybridized carbons (Fsp3) is 0.435. The summed E-state index contributed by atoms with van der Waals surface area (Å²) < 4.78 is 20.1. The molecule has 10 heteroatoms. The van der Waals surface area contributed by atoms with Crippen LogP contribution in [0.1, 0.15) is 34.1 Å². The van der Waals surface area contributed by atoms with E-state index in [0.29, 0.717) is 34.8 Å². The zero-order valence-electron chi connectivity index (χ0n) is 19.3. The molecule has 0 bridgehead atoms. The Balaban J connectivity index is 1.52. The van der Waals surface area contributed by atoms with E-state index >= 15 is 4.39 Å². The van der Waals surface area contributed by atoms with Gasteiger partial charge in [0.05, 0.1) is 25.0 Å². The van der Waals surface area contributed by atoms with Crippen LogP contribution in [0.3, 0.4) is 0 Å². The molecule has 9 nitrogen and oxygen atoms in total. The average molecular weight is 454 g/mol. The van der Waals surface area contributed by atoms with Gasteiger partial charge in [0.25, 0.3) is 0 Å². The largest absolute Gasteiger partial charge is 0.507 e. The summed E-state index contributed by atoms with van der Waals surface area (Å²) in [7, 11) is 1.53. The van der Waals surface area contributed by atoms with E-state index in [-0.39, 0.29) is 17.2 Å². The van der Waals surface area contributed by atoms with Gasteiger partial charge >= 0.3 is 0 Å². The molecule has 3 heterocycles. The number of benzene rings is 1. The van der Waals surface area contributed by atoms with Gasteiger partial charge in [-0.25, -0.2) is 19.3 Å². The molecule has 33 heavy (non-hydrogen) atoms. The number of halogens is 1. The Kier molecular flexibility index (Phi) is 5.87. The lowest BCUT2D eigenvalue weighted by atomic mass is 9.78. The average Bonchev–Trinajstić information content (AvgIpc) is 2.77. The lowest BCUT2D eigenvalue weighted by molar-refractivity contribution is 0.0654. The number of aromatic nitrogens is 5. The lowest BCUT2D eigenvalue weighted by Gasteiger charge is -2.48. The van der Waals surface area contributed by atoms with Gasteiger partial charge < -0.3 is 20.5 Å². The fourth-order valence-electron chi connectivity index (χ4n) is 4.42. The number of phenolic OH excluding ortho intramolecular Hbond substituents is 1. The Morgan fingerprint density at radius 2 is 1.88 bits per heavy atom. The van der Waals surface area contributed by atoms with Crippen LogP contribution in [0, 0.1) is 0 Å². The van der Waals surface area contributed by atoms with E-state index < -0.39 is 17.8 Å². The summed E-state index contributed by atoms with van der Waals surface area (Å²) in [5.41, 5.74) is 1.25. The van der Waals surface area contributed by atoms with Gasteiger partial charge in [-0.2, -0.15) is 0 Å². The molecular weight excluding hydrogens is 425 g/mol. The molecule has 0 amide bonds. The van der Waals surface area contributed by atoms with Crippen molar-refractivity contribution >= 4 is 5.95 Å². The molecule has 3 aromatic rings. The Hall–Kier alpha value is -3.40. The number of hydrogen-bond acceptors (Lipinski definition) is 9. The number of phenols is 1. The minimum atomic E-state index is -1.13. The molecule has 1 aliphatic heterocycles. The summed E-state index contributed by atoms with van der Waals surface area (Å²) >= 11 is 0. The SMILES string of the molecule is COc1cc(-c2ccc(-c3cnc(N[C@@H]4CC(C)(C)NC(C)(C)[C@H]4F)nn3)c(O)c2)ncn1. The van der Waals surface area contributed by atoms with Gasteiger partial charge in [-0.3, -0.25) is 0 Å². The fourth-order valence-corrected chi connectivity index (χ4v) is 4.42. The molecule has 0 saturated carbocycles. The highest BCUT2D eigenvalue weighted by molar-refractivity contribution is 5.72. The van der Waals surface area contributed by atoms with Gasteiger partial charge in [-0.15, -0.1) is 10.2 Å². The maximum atomic E-state index is 15.0. The number of aromatic hydroxyl groups is 1. The third-order valence-corrected chi connectivity index (χ3v) is 5.73. The Morgan fingerprint density at radius 1 is 1.09 bits per heavy atom. The van der Waals surface area contributed by atoms with Crippen LogP contribution in [0.4, 0.5) is 10.3 Å². The Labute approximate surface area is 191 Å². The molecule has 174 valence electrons. The van der Waals surface area contributed by atoms with Crippen LogP contribution >= 0.6 is 0 Å². The standard InChI is InChI=1S/C23H28FN7O2/c1-22(2)10-16(20(24)23(3,4)31-22)28-21-25-11-17(29-30-21)14-7-6-13(8-18(14)32)15-9-19(33-5)27-12-26-15/h6-9,11-12,16,20,31-32H,10H2,1-5H3,(H,25,28,30)/t16-,20+/m1/s1. The molecule has 0 spiro atoms. The van der Waals surface area contributed by atoms with Gasteiger partial charge in [0.2, 0.25) is 11.8 Å². The van der Waals surface area contributed by atoms with Crippen LogP contribution in [-0.2, 0) is 0 Å². The number of rotatable bonds is 5. The van der Waals surface area contributed by atoms with E-state index in [1.54, 1.807) is 24.3 Å². The molecule has 1 aromatic carbocycles. The number of anilines is 1. The zero-order chi connectivity index (χ0) is 23.8. The molecule has 0 aliphatic carbocycles. The topological polar surface area (TPSA) is 118 Å². The van der Waals surface area contributed by atoms with Crippen molar-refractivity contribution in [1.29, 1.82) is 0 Å². The van der Waals surface area contributed by atoms with Crippen LogP contribution in [0.15, 0.2) is 36.8 Å². The molecule has 2 aromatic heterocycles. The summed E-state index contributed by atoms with van der Waals surface area (Å²) in [5.74, 6) is 0.675. The molecule has 2 atom stereocenters. The third kappa shape index (κ3) is 4.85. The number of methoxy groups -OCH3 is 1. The number of ether oxygens (including phenoxy) is 1. The van der Waals surface area contributed by atoms with Crippen LogP contribution < -0.4 is 15.4 Å². The van der Waals surface area contributed by atoms with Crippen molar-refractivity contribution in [3.63, 3.8) is 0 Å². The first-order chi connectivity index (χ1) is 15.6. The van der Waals surface area contributed by atoms with Crippen molar-refractivity contribution in [2.45, 2.75) is 57.4 Å². The summed E-state index contributed by atoms with van der Waals surface area (Å²) in [5, 5.41) is 25.3. The molecule has 1 aliphatic rings. The van der Waals surface area contributed by atoms with Crippen molar-refractivity contribution in [1.82, 2.24) is 30.5 Å². The van der Waals surface area contributed by atoms with Crippen LogP contribution in [0.2, 0.25) is 0 Å². The number of nitrogens with zero attached hydrogens (tertiary/aromatic N) is 5. The summed E-state index contributed by atoms with van der Waals surface area (Å²) in [6.07, 6.45) is 2.33. The Bertz CT molecular complexity index is 1140. The molecule has 3 N–H and O–H groups in total. The molecule has 1 saturated heterocycles. The predicted octanol–water partition coefficient (Wildman–Crippen LogP) is 3.38. The number of piperidine rings is 1. The van der Waals surface area contributed by atoms with Crippen LogP contribution in [-0.4, -0.2) is 60.7 Å². The van der Waals surface area contributed by atoms with Crippen molar-refractivity contribution in [2.75, 3.05) is 12.4 Å². The van der Waals surface area contributed by atoms with Gasteiger partial charge in [-0.1, -0.05) is 6.07 Å². The zero-order valence-corrected chi connectivity index (χ0v) is 19.3. The van der Waals surface area contributed by atoms with Gasteiger partial charge in [0.15, 0.2) is 0 Å². The molecule has 0 radical (unpaired) electrons. The van der Waals surface area contributed by atoms with E-state index in [0.717, 1.165) is 0 Å². The quantitative estimate of drug-likeness (QED) is 0.534. The first-order valence-corrected chi connectivity index (χ1v) is 10.7. The van der Waals surface area contributed by atoms with Crippen molar-refractivity contribution in [3.05, 3.63) is 36.8 Å². The van der Waals surface area contributed by atoms with Gasteiger partial charge in [0.1, 0.15) is 23.9 Å². The van der Waals surface area contributed by atoms with Crippen molar-refractivity contribution < 1.29 is 14.2 Å². The highest BCUT2D eigenvalue weighted by Gasteiger charge is 2.46. The molecule has 1 fully saturated rings. The maximum absolute atomic E-state index is 15.0. The van der Waals surface area contributed by atoms with E-state index in [1.165, 1.54) is 19.6 Å². The second kappa shape index (κ2) is 8.51. The van der Waals surface area contributed by atoms with E-state index in [9.17, 15) is 5.11 Å². The van der Waals surface area contributed by atoms with Crippen molar-refractivity contribution in [2.24, 2.45) is 0 Å². The monoisotopic (exact) mass is 453 g/mol. The molecule has 4 rings (SSSR count). The smallest absolute Gasteiger partial charge is 0.243 e. The molecular formula is C23H28FN7O2. The molecule has 0 unspecified atom stereocenters. The number of alkyl halides is 1. The third-order valence-electron chi connectivity index (χ3n) is 5.73. The van der Waals surface area contributed by atoms with Crippen molar-refractivity contribution in [3.8, 4) is 34.1 Å². The highest BCUT2D eigenvalue weighted by Crippen LogP contribution is 2.34. The predicted molar refractivity (Wildman–Crippen MR) is 123 cm³/mol. The van der Waals surface area contributed by atoms with E-state index in [4.69, 9.17) is 4.74 Å². The summed E-state index contributed by atoms with van der Waals surface area (Å²) in [6, 6.07) is 6.32. The van der Waals surface area contributed by atoms with Crippen LogP contribution in [0.25, 0.3) is 22.5 Å². The number of hydrogen-bond donors (Lipinski definition) is 3. The maximum Gasteiger partial charge on any atom is 0.243 e. The Morgan fingerprint density at radius 3 is 2.55 bits per heavy atom. The van der Waals surface area contributed by atoms with E-state index in [1.807, 2.05) is 27.7 Å².